The number of hydrogen-bond donors (Lipinski definition) is 1. The summed E-state index contributed by atoms with van der Waals surface area (Å²) in [7, 11) is 1.65. The van der Waals surface area contributed by atoms with Crippen LogP contribution in [-0.4, -0.2) is 59.0 Å². The SMILES string of the molecule is CCc1cc(=O)[nH]c(-c2ccc(N3CCN(C(=O)CCc4ccc(OC)cc4)CC3)nc2)n1. The van der Waals surface area contributed by atoms with E-state index in [1.54, 1.807) is 13.3 Å². The van der Waals surface area contributed by atoms with Crippen molar-refractivity contribution in [2.45, 2.75) is 26.2 Å². The number of benzene rings is 1. The fourth-order valence-electron chi connectivity index (χ4n) is 3.93. The van der Waals surface area contributed by atoms with Gasteiger partial charge in [-0.15, -0.1) is 0 Å². The lowest BCUT2D eigenvalue weighted by atomic mass is 10.1. The van der Waals surface area contributed by atoms with E-state index in [0.29, 0.717) is 31.8 Å². The summed E-state index contributed by atoms with van der Waals surface area (Å²) in [6, 6.07) is 13.2. The van der Waals surface area contributed by atoms with Crippen molar-refractivity contribution in [2.24, 2.45) is 0 Å². The van der Waals surface area contributed by atoms with Crippen LogP contribution in [0.2, 0.25) is 0 Å². The Morgan fingerprint density at radius 2 is 1.85 bits per heavy atom. The number of carbonyl (C=O) groups is 1. The Balaban J connectivity index is 1.30. The number of amides is 1. The largest absolute Gasteiger partial charge is 0.497 e. The molecule has 2 aromatic heterocycles. The van der Waals surface area contributed by atoms with Gasteiger partial charge in [-0.25, -0.2) is 9.97 Å². The first kappa shape index (κ1) is 22.5. The third-order valence-corrected chi connectivity index (χ3v) is 5.92. The van der Waals surface area contributed by atoms with Crippen LogP contribution in [0.3, 0.4) is 0 Å². The van der Waals surface area contributed by atoms with Gasteiger partial charge in [-0.3, -0.25) is 9.59 Å². The molecule has 8 heteroatoms. The molecule has 1 saturated heterocycles. The van der Waals surface area contributed by atoms with Crippen LogP contribution in [0.25, 0.3) is 11.4 Å². The van der Waals surface area contributed by atoms with Crippen LogP contribution in [0.4, 0.5) is 5.82 Å². The van der Waals surface area contributed by atoms with Crippen molar-refractivity contribution in [3.05, 3.63) is 70.3 Å². The van der Waals surface area contributed by atoms with Crippen LogP contribution in [0, 0.1) is 0 Å². The van der Waals surface area contributed by atoms with Crippen molar-refractivity contribution in [3.63, 3.8) is 0 Å². The van der Waals surface area contributed by atoms with Crippen LogP contribution in [0.15, 0.2) is 53.5 Å². The predicted octanol–water partition coefficient (Wildman–Crippen LogP) is 2.68. The minimum Gasteiger partial charge on any atom is -0.497 e. The number of ether oxygens (including phenoxy) is 1. The lowest BCUT2D eigenvalue weighted by molar-refractivity contribution is -0.131. The number of hydrogen-bond acceptors (Lipinski definition) is 6. The average molecular weight is 448 g/mol. The molecule has 1 aromatic carbocycles. The van der Waals surface area contributed by atoms with E-state index in [9.17, 15) is 9.59 Å². The van der Waals surface area contributed by atoms with Gasteiger partial charge in [0.1, 0.15) is 17.4 Å². The Kier molecular flexibility index (Phi) is 7.02. The van der Waals surface area contributed by atoms with Crippen LogP contribution in [0.5, 0.6) is 5.75 Å². The number of anilines is 1. The van der Waals surface area contributed by atoms with Gasteiger partial charge in [0.25, 0.3) is 5.56 Å². The van der Waals surface area contributed by atoms with Crippen LogP contribution < -0.4 is 15.2 Å². The summed E-state index contributed by atoms with van der Waals surface area (Å²) in [4.78, 5) is 40.4. The molecule has 0 atom stereocenters. The molecule has 0 aliphatic carbocycles. The highest BCUT2D eigenvalue weighted by Crippen LogP contribution is 2.19. The van der Waals surface area contributed by atoms with E-state index in [4.69, 9.17) is 4.74 Å². The number of nitrogens with one attached hydrogen (secondary N) is 1. The van der Waals surface area contributed by atoms with Gasteiger partial charge in [0.2, 0.25) is 5.91 Å². The van der Waals surface area contributed by atoms with Gasteiger partial charge < -0.3 is 19.5 Å². The summed E-state index contributed by atoms with van der Waals surface area (Å²) in [6.45, 7) is 4.80. The molecule has 3 aromatic rings. The van der Waals surface area contributed by atoms with E-state index in [2.05, 4.69) is 19.9 Å². The van der Waals surface area contributed by atoms with E-state index in [1.807, 2.05) is 48.2 Å². The highest BCUT2D eigenvalue weighted by Gasteiger charge is 2.21. The monoisotopic (exact) mass is 447 g/mol. The smallest absolute Gasteiger partial charge is 0.251 e. The molecule has 172 valence electrons. The lowest BCUT2D eigenvalue weighted by Crippen LogP contribution is -2.49. The molecule has 8 nitrogen and oxygen atoms in total. The maximum atomic E-state index is 12.7. The molecule has 3 heterocycles. The van der Waals surface area contributed by atoms with Gasteiger partial charge in [-0.2, -0.15) is 0 Å². The number of aromatic amines is 1. The van der Waals surface area contributed by atoms with Crippen molar-refractivity contribution in [1.29, 1.82) is 0 Å². The summed E-state index contributed by atoms with van der Waals surface area (Å²) in [5.41, 5.74) is 2.50. The number of aryl methyl sites for hydroxylation is 2. The maximum Gasteiger partial charge on any atom is 0.251 e. The minimum absolute atomic E-state index is 0.159. The summed E-state index contributed by atoms with van der Waals surface area (Å²) < 4.78 is 5.18. The zero-order chi connectivity index (χ0) is 23.2. The third kappa shape index (κ3) is 5.58. The van der Waals surface area contributed by atoms with Crippen molar-refractivity contribution < 1.29 is 9.53 Å². The topological polar surface area (TPSA) is 91.4 Å². The number of aromatic nitrogens is 3. The normalized spacial score (nSPS) is 13.8. The first-order valence-electron chi connectivity index (χ1n) is 11.3. The Bertz CT molecular complexity index is 1130. The minimum atomic E-state index is -0.159. The quantitative estimate of drug-likeness (QED) is 0.599. The Hall–Kier alpha value is -3.68. The molecule has 0 unspecified atom stereocenters. The van der Waals surface area contributed by atoms with E-state index < -0.39 is 0 Å². The molecule has 0 spiro atoms. The first-order valence-corrected chi connectivity index (χ1v) is 11.3. The Labute approximate surface area is 193 Å². The highest BCUT2D eigenvalue weighted by molar-refractivity contribution is 5.76. The third-order valence-electron chi connectivity index (χ3n) is 5.92. The molecule has 0 saturated carbocycles. The summed E-state index contributed by atoms with van der Waals surface area (Å²) in [5.74, 6) is 2.39. The fraction of sp³-hybridized carbons (Fsp3) is 0.360. The summed E-state index contributed by atoms with van der Waals surface area (Å²) in [5, 5.41) is 0. The van der Waals surface area contributed by atoms with Gasteiger partial charge in [0, 0.05) is 56.1 Å². The maximum absolute atomic E-state index is 12.7. The van der Waals surface area contributed by atoms with E-state index in [-0.39, 0.29) is 11.5 Å². The van der Waals surface area contributed by atoms with Crippen LogP contribution in [0.1, 0.15) is 24.6 Å². The summed E-state index contributed by atoms with van der Waals surface area (Å²) >= 11 is 0. The second-order valence-corrected chi connectivity index (χ2v) is 8.06. The van der Waals surface area contributed by atoms with Crippen molar-refractivity contribution in [2.75, 3.05) is 38.2 Å². The number of carbonyl (C=O) groups excluding carboxylic acids is 1. The molecule has 1 aliphatic heterocycles. The lowest BCUT2D eigenvalue weighted by Gasteiger charge is -2.35. The number of pyridine rings is 1. The zero-order valence-corrected chi connectivity index (χ0v) is 19.1. The molecular formula is C25H29N5O3. The van der Waals surface area contributed by atoms with Crippen molar-refractivity contribution in [3.8, 4) is 17.1 Å². The van der Waals surface area contributed by atoms with E-state index in [0.717, 1.165) is 47.9 Å². The van der Waals surface area contributed by atoms with Gasteiger partial charge in [-0.1, -0.05) is 19.1 Å². The fourth-order valence-corrected chi connectivity index (χ4v) is 3.93. The number of nitrogens with zero attached hydrogens (tertiary/aromatic N) is 4. The van der Waals surface area contributed by atoms with Crippen LogP contribution in [-0.2, 0) is 17.6 Å². The second kappa shape index (κ2) is 10.3. The molecule has 1 aliphatic rings. The van der Waals surface area contributed by atoms with Gasteiger partial charge in [0.05, 0.1) is 7.11 Å². The Morgan fingerprint density at radius 1 is 1.09 bits per heavy atom. The molecule has 0 radical (unpaired) electrons. The predicted molar refractivity (Wildman–Crippen MR) is 128 cm³/mol. The molecule has 1 amide bonds. The van der Waals surface area contributed by atoms with E-state index in [1.165, 1.54) is 6.07 Å². The van der Waals surface area contributed by atoms with Crippen LogP contribution >= 0.6 is 0 Å². The number of methoxy groups -OCH3 is 1. The van der Waals surface area contributed by atoms with Crippen molar-refractivity contribution >= 4 is 11.7 Å². The highest BCUT2D eigenvalue weighted by atomic mass is 16.5. The standard InChI is InChI=1S/C25H29N5O3/c1-3-20-16-23(31)28-25(27-20)19-7-10-22(26-17-19)29-12-14-30(15-13-29)24(32)11-6-18-4-8-21(33-2)9-5-18/h4-5,7-10,16-17H,3,6,11-15H2,1-2H3,(H,27,28,31). The molecule has 33 heavy (non-hydrogen) atoms. The second-order valence-electron chi connectivity index (χ2n) is 8.06. The van der Waals surface area contributed by atoms with E-state index >= 15 is 0 Å². The zero-order valence-electron chi connectivity index (χ0n) is 19.1. The van der Waals surface area contributed by atoms with Gasteiger partial charge >= 0.3 is 0 Å². The first-order chi connectivity index (χ1) is 16.1. The molecule has 1 N–H and O–H groups in total. The Morgan fingerprint density at radius 3 is 2.48 bits per heavy atom. The molecule has 1 fully saturated rings. The van der Waals surface area contributed by atoms with Gasteiger partial charge in [-0.05, 0) is 42.7 Å². The molecular weight excluding hydrogens is 418 g/mol. The van der Waals surface area contributed by atoms with Crippen molar-refractivity contribution in [1.82, 2.24) is 19.9 Å². The summed E-state index contributed by atoms with van der Waals surface area (Å²) in [6.07, 6.45) is 3.66. The number of piperazine rings is 1. The van der Waals surface area contributed by atoms with Gasteiger partial charge in [0.15, 0.2) is 0 Å². The molecule has 4 rings (SSSR count). The number of rotatable bonds is 7. The number of H-pyrrole nitrogens is 1. The molecule has 0 bridgehead atoms. The average Bonchev–Trinajstić information content (AvgIpc) is 2.87.